The molecule has 0 fully saturated rings. The van der Waals surface area contributed by atoms with E-state index in [1.54, 1.807) is 18.2 Å². The van der Waals surface area contributed by atoms with Crippen LogP contribution in [0.4, 0.5) is 0 Å². The van der Waals surface area contributed by atoms with Crippen LogP contribution in [0.5, 0.6) is 11.5 Å². The minimum Gasteiger partial charge on any atom is -0.489 e. The van der Waals surface area contributed by atoms with Gasteiger partial charge in [-0.25, -0.2) is 4.79 Å². The van der Waals surface area contributed by atoms with Gasteiger partial charge in [0.2, 0.25) is 0 Å². The molecule has 3 aromatic rings. The SMILES string of the molecule is CC(C)Oc1c(C(=O)Oc2ccccc2)ccc2ccccc12. The second kappa shape index (κ2) is 6.53. The maximum atomic E-state index is 12.6. The first-order valence-corrected chi connectivity index (χ1v) is 7.61. The topological polar surface area (TPSA) is 35.5 Å². The lowest BCUT2D eigenvalue weighted by Gasteiger charge is -2.16. The summed E-state index contributed by atoms with van der Waals surface area (Å²) in [7, 11) is 0. The van der Waals surface area contributed by atoms with Gasteiger partial charge in [-0.3, -0.25) is 0 Å². The molecular formula is C20H18O3. The van der Waals surface area contributed by atoms with Gasteiger partial charge in [0.15, 0.2) is 0 Å². The Balaban J connectivity index is 2.03. The number of ether oxygens (including phenoxy) is 2. The van der Waals surface area contributed by atoms with Gasteiger partial charge >= 0.3 is 5.97 Å². The second-order valence-electron chi connectivity index (χ2n) is 5.53. The molecule has 0 spiro atoms. The zero-order valence-electron chi connectivity index (χ0n) is 13.2. The van der Waals surface area contributed by atoms with Crippen molar-refractivity contribution in [3.8, 4) is 11.5 Å². The van der Waals surface area contributed by atoms with Crippen molar-refractivity contribution < 1.29 is 14.3 Å². The average Bonchev–Trinajstić information content (AvgIpc) is 2.55. The first-order valence-electron chi connectivity index (χ1n) is 7.61. The second-order valence-corrected chi connectivity index (χ2v) is 5.53. The van der Waals surface area contributed by atoms with Crippen LogP contribution in [0.15, 0.2) is 66.7 Å². The van der Waals surface area contributed by atoms with Crippen LogP contribution in [0.2, 0.25) is 0 Å². The monoisotopic (exact) mass is 306 g/mol. The number of para-hydroxylation sites is 1. The molecule has 0 aliphatic rings. The summed E-state index contributed by atoms with van der Waals surface area (Å²) in [5, 5.41) is 1.93. The molecular weight excluding hydrogens is 288 g/mol. The van der Waals surface area contributed by atoms with Gasteiger partial charge < -0.3 is 9.47 Å². The zero-order valence-corrected chi connectivity index (χ0v) is 13.2. The molecule has 0 N–H and O–H groups in total. The van der Waals surface area contributed by atoms with Crippen molar-refractivity contribution in [3.05, 3.63) is 72.3 Å². The molecule has 0 heterocycles. The average molecular weight is 306 g/mol. The maximum absolute atomic E-state index is 12.6. The highest BCUT2D eigenvalue weighted by molar-refractivity contribution is 6.02. The maximum Gasteiger partial charge on any atom is 0.347 e. The summed E-state index contributed by atoms with van der Waals surface area (Å²) in [6.45, 7) is 3.88. The molecule has 0 aliphatic heterocycles. The number of carbonyl (C=O) groups excluding carboxylic acids is 1. The minimum absolute atomic E-state index is 0.0379. The summed E-state index contributed by atoms with van der Waals surface area (Å²) in [4.78, 5) is 12.6. The smallest absolute Gasteiger partial charge is 0.347 e. The van der Waals surface area contributed by atoms with Gasteiger partial charge in [0.05, 0.1) is 6.10 Å². The van der Waals surface area contributed by atoms with Crippen molar-refractivity contribution in [2.45, 2.75) is 20.0 Å². The predicted molar refractivity (Wildman–Crippen MR) is 91.1 cm³/mol. The Morgan fingerprint density at radius 3 is 2.30 bits per heavy atom. The first kappa shape index (κ1) is 15.1. The van der Waals surface area contributed by atoms with E-state index < -0.39 is 5.97 Å². The number of carbonyl (C=O) groups is 1. The van der Waals surface area contributed by atoms with E-state index >= 15 is 0 Å². The fourth-order valence-electron chi connectivity index (χ4n) is 2.42. The van der Waals surface area contributed by atoms with E-state index in [1.165, 1.54) is 0 Å². The van der Waals surface area contributed by atoms with Gasteiger partial charge in [-0.05, 0) is 37.4 Å². The van der Waals surface area contributed by atoms with Crippen molar-refractivity contribution in [1.82, 2.24) is 0 Å². The lowest BCUT2D eigenvalue weighted by molar-refractivity contribution is 0.0729. The Bertz CT molecular complexity index is 823. The largest absolute Gasteiger partial charge is 0.489 e. The molecule has 0 amide bonds. The van der Waals surface area contributed by atoms with Crippen LogP contribution in [0.1, 0.15) is 24.2 Å². The van der Waals surface area contributed by atoms with Crippen LogP contribution in [0.25, 0.3) is 10.8 Å². The van der Waals surface area contributed by atoms with Crippen molar-refractivity contribution in [2.75, 3.05) is 0 Å². The summed E-state index contributed by atoms with van der Waals surface area (Å²) in [6, 6.07) is 20.5. The first-order chi connectivity index (χ1) is 11.1. The van der Waals surface area contributed by atoms with Crippen LogP contribution >= 0.6 is 0 Å². The molecule has 0 aliphatic carbocycles. The summed E-state index contributed by atoms with van der Waals surface area (Å²) in [6.07, 6.45) is -0.0379. The van der Waals surface area contributed by atoms with Crippen LogP contribution in [0.3, 0.4) is 0 Å². The quantitative estimate of drug-likeness (QED) is 0.511. The van der Waals surface area contributed by atoms with Gasteiger partial charge in [-0.2, -0.15) is 0 Å². The molecule has 3 nitrogen and oxygen atoms in total. The fourth-order valence-corrected chi connectivity index (χ4v) is 2.42. The number of hydrogen-bond acceptors (Lipinski definition) is 3. The van der Waals surface area contributed by atoms with E-state index in [-0.39, 0.29) is 6.10 Å². The molecule has 0 aromatic heterocycles. The van der Waals surface area contributed by atoms with E-state index in [4.69, 9.17) is 9.47 Å². The number of esters is 1. The number of rotatable bonds is 4. The highest BCUT2D eigenvalue weighted by Crippen LogP contribution is 2.31. The van der Waals surface area contributed by atoms with Gasteiger partial charge in [0.1, 0.15) is 17.1 Å². The third-order valence-electron chi connectivity index (χ3n) is 3.41. The van der Waals surface area contributed by atoms with Gasteiger partial charge in [-0.1, -0.05) is 48.5 Å². The predicted octanol–water partition coefficient (Wildman–Crippen LogP) is 4.85. The van der Waals surface area contributed by atoms with Gasteiger partial charge in [-0.15, -0.1) is 0 Å². The Morgan fingerprint density at radius 2 is 1.57 bits per heavy atom. The molecule has 3 rings (SSSR count). The molecule has 0 unspecified atom stereocenters. The summed E-state index contributed by atoms with van der Waals surface area (Å²) >= 11 is 0. The Kier molecular flexibility index (Phi) is 4.29. The molecule has 23 heavy (non-hydrogen) atoms. The number of hydrogen-bond donors (Lipinski definition) is 0. The molecule has 0 bridgehead atoms. The minimum atomic E-state index is -0.419. The van der Waals surface area contributed by atoms with Crippen LogP contribution in [0, 0.1) is 0 Å². The Hall–Kier alpha value is -2.81. The Morgan fingerprint density at radius 1 is 0.870 bits per heavy atom. The van der Waals surface area contributed by atoms with E-state index in [0.717, 1.165) is 10.8 Å². The molecule has 0 radical (unpaired) electrons. The van der Waals surface area contributed by atoms with Crippen molar-refractivity contribution in [1.29, 1.82) is 0 Å². The molecule has 3 aromatic carbocycles. The summed E-state index contributed by atoms with van der Waals surface area (Å²) in [5.74, 6) is 0.665. The zero-order chi connectivity index (χ0) is 16.2. The molecule has 116 valence electrons. The number of benzene rings is 3. The summed E-state index contributed by atoms with van der Waals surface area (Å²) < 4.78 is 11.4. The summed E-state index contributed by atoms with van der Waals surface area (Å²) in [5.41, 5.74) is 0.432. The van der Waals surface area contributed by atoms with Gasteiger partial charge in [0, 0.05) is 5.39 Å². The third-order valence-corrected chi connectivity index (χ3v) is 3.41. The van der Waals surface area contributed by atoms with E-state index in [2.05, 4.69) is 0 Å². The highest BCUT2D eigenvalue weighted by atomic mass is 16.5. The van der Waals surface area contributed by atoms with E-state index in [9.17, 15) is 4.79 Å². The van der Waals surface area contributed by atoms with Crippen molar-refractivity contribution in [2.24, 2.45) is 0 Å². The normalized spacial score (nSPS) is 10.7. The lowest BCUT2D eigenvalue weighted by atomic mass is 10.1. The van der Waals surface area contributed by atoms with E-state index in [0.29, 0.717) is 17.1 Å². The molecule has 3 heteroatoms. The van der Waals surface area contributed by atoms with E-state index in [1.807, 2.05) is 62.4 Å². The number of fused-ring (bicyclic) bond motifs is 1. The van der Waals surface area contributed by atoms with Crippen LogP contribution in [-0.2, 0) is 0 Å². The fraction of sp³-hybridized carbons (Fsp3) is 0.150. The highest BCUT2D eigenvalue weighted by Gasteiger charge is 2.18. The molecule has 0 atom stereocenters. The molecule has 0 saturated carbocycles. The van der Waals surface area contributed by atoms with Crippen molar-refractivity contribution in [3.63, 3.8) is 0 Å². The van der Waals surface area contributed by atoms with Crippen LogP contribution < -0.4 is 9.47 Å². The van der Waals surface area contributed by atoms with Crippen molar-refractivity contribution >= 4 is 16.7 Å². The lowest BCUT2D eigenvalue weighted by Crippen LogP contribution is -2.14. The Labute approximate surface area is 135 Å². The van der Waals surface area contributed by atoms with Crippen LogP contribution in [-0.4, -0.2) is 12.1 Å². The standard InChI is InChI=1S/C20H18O3/c1-14(2)22-19-17-11-7-6-8-15(17)12-13-18(19)20(21)23-16-9-4-3-5-10-16/h3-14H,1-2H3. The molecule has 0 saturated heterocycles. The van der Waals surface area contributed by atoms with Gasteiger partial charge in [0.25, 0.3) is 0 Å². The third kappa shape index (κ3) is 3.34.